The normalized spacial score (nSPS) is 14.1. The molecule has 2 N–H and O–H groups in total. The van der Waals surface area contributed by atoms with Crippen molar-refractivity contribution >= 4 is 5.91 Å². The number of halogens is 4. The Morgan fingerprint density at radius 2 is 1.68 bits per heavy atom. The molecule has 0 heterocycles. The quantitative estimate of drug-likeness (QED) is 0.654. The van der Waals surface area contributed by atoms with E-state index in [2.05, 4.69) is 5.32 Å². The van der Waals surface area contributed by atoms with Crippen molar-refractivity contribution in [3.63, 3.8) is 0 Å². The van der Waals surface area contributed by atoms with Gasteiger partial charge in [0.1, 0.15) is 5.56 Å². The highest BCUT2D eigenvalue weighted by Gasteiger charge is 2.26. The molecule has 0 bridgehead atoms. The first kappa shape index (κ1) is 15.4. The molecule has 0 unspecified atom stereocenters. The van der Waals surface area contributed by atoms with Crippen LogP contribution in [0.2, 0.25) is 0 Å². The molecule has 0 aliphatic heterocycles. The van der Waals surface area contributed by atoms with Crippen molar-refractivity contribution in [3.05, 3.63) is 34.9 Å². The molecule has 0 aliphatic rings. The van der Waals surface area contributed by atoms with Crippen molar-refractivity contribution < 1.29 is 27.5 Å². The van der Waals surface area contributed by atoms with E-state index < -0.39 is 40.8 Å². The van der Waals surface area contributed by atoms with Gasteiger partial charge in [-0.2, -0.15) is 0 Å². The molecular formula is C12H13F4NO2. The molecule has 1 rings (SSSR count). The molecule has 1 aromatic rings. The third-order valence-electron chi connectivity index (χ3n) is 2.84. The second-order valence-electron chi connectivity index (χ2n) is 4.27. The van der Waals surface area contributed by atoms with Crippen molar-refractivity contribution in [1.29, 1.82) is 0 Å². The third kappa shape index (κ3) is 3.23. The van der Waals surface area contributed by atoms with Crippen molar-refractivity contribution in [1.82, 2.24) is 5.32 Å². The number of rotatable bonds is 4. The second kappa shape index (κ2) is 6.01. The van der Waals surface area contributed by atoms with Crippen molar-refractivity contribution in [2.75, 3.05) is 6.61 Å². The summed E-state index contributed by atoms with van der Waals surface area (Å²) in [6.07, 6.45) is 0. The van der Waals surface area contributed by atoms with Crippen molar-refractivity contribution in [2.24, 2.45) is 5.92 Å². The Bertz CT molecular complexity index is 467. The Kier molecular flexibility index (Phi) is 4.88. The summed E-state index contributed by atoms with van der Waals surface area (Å²) < 4.78 is 52.6. The van der Waals surface area contributed by atoms with Crippen LogP contribution >= 0.6 is 0 Å². The molecule has 0 saturated carbocycles. The van der Waals surface area contributed by atoms with Gasteiger partial charge in [0.05, 0.1) is 0 Å². The Morgan fingerprint density at radius 1 is 1.21 bits per heavy atom. The first-order chi connectivity index (χ1) is 8.79. The largest absolute Gasteiger partial charge is 0.396 e. The van der Waals surface area contributed by atoms with E-state index in [0.29, 0.717) is 0 Å². The van der Waals surface area contributed by atoms with E-state index in [1.54, 1.807) is 6.92 Å². The minimum absolute atomic E-state index is 0.0290. The molecule has 1 amide bonds. The van der Waals surface area contributed by atoms with E-state index in [1.165, 1.54) is 6.92 Å². The number of hydrogen-bond donors (Lipinski definition) is 2. The minimum Gasteiger partial charge on any atom is -0.396 e. The maximum atomic E-state index is 13.3. The molecule has 0 radical (unpaired) electrons. The highest BCUT2D eigenvalue weighted by molar-refractivity contribution is 5.95. The molecular weight excluding hydrogens is 266 g/mol. The summed E-state index contributed by atoms with van der Waals surface area (Å²) in [5, 5.41) is 11.0. The zero-order chi connectivity index (χ0) is 14.7. The molecule has 0 fully saturated rings. The summed E-state index contributed by atoms with van der Waals surface area (Å²) in [6, 6.07) is -0.594. The molecule has 0 aromatic heterocycles. The smallest absolute Gasteiger partial charge is 0.257 e. The summed E-state index contributed by atoms with van der Waals surface area (Å²) in [5.41, 5.74) is -1.31. The van der Waals surface area contributed by atoms with Crippen molar-refractivity contribution in [3.8, 4) is 0 Å². The molecule has 1 aromatic carbocycles. The molecule has 0 spiro atoms. The maximum absolute atomic E-state index is 13.3. The fraction of sp³-hybridized carbons (Fsp3) is 0.417. The summed E-state index contributed by atoms with van der Waals surface area (Å²) in [4.78, 5) is 11.6. The SMILES string of the molecule is C[C@@H](CO)[C@@H](C)NC(=O)c1c(F)c(F)cc(F)c1F. The molecule has 19 heavy (non-hydrogen) atoms. The first-order valence-corrected chi connectivity index (χ1v) is 5.54. The molecule has 7 heteroatoms. The van der Waals surface area contributed by atoms with Crippen LogP contribution in [0.1, 0.15) is 24.2 Å². The molecule has 2 atom stereocenters. The fourth-order valence-corrected chi connectivity index (χ4v) is 1.35. The number of nitrogens with one attached hydrogen (secondary N) is 1. The lowest BCUT2D eigenvalue weighted by Crippen LogP contribution is -2.39. The maximum Gasteiger partial charge on any atom is 0.257 e. The van der Waals surface area contributed by atoms with Crippen LogP contribution in [0.3, 0.4) is 0 Å². The molecule has 106 valence electrons. The highest BCUT2D eigenvalue weighted by Crippen LogP contribution is 2.19. The van der Waals surface area contributed by atoms with Gasteiger partial charge in [0.25, 0.3) is 5.91 Å². The van der Waals surface area contributed by atoms with Crippen LogP contribution in [0.4, 0.5) is 17.6 Å². The number of benzene rings is 1. The van der Waals surface area contributed by atoms with Gasteiger partial charge in [-0.1, -0.05) is 6.92 Å². The average Bonchev–Trinajstić information content (AvgIpc) is 2.35. The summed E-state index contributed by atoms with van der Waals surface area (Å²) in [7, 11) is 0. The lowest BCUT2D eigenvalue weighted by Gasteiger charge is -2.19. The predicted molar refractivity (Wildman–Crippen MR) is 59.5 cm³/mol. The van der Waals surface area contributed by atoms with Gasteiger partial charge in [-0.25, -0.2) is 17.6 Å². The number of carbonyl (C=O) groups excluding carboxylic acids is 1. The first-order valence-electron chi connectivity index (χ1n) is 5.54. The van der Waals surface area contributed by atoms with Gasteiger partial charge in [-0.05, 0) is 12.8 Å². The van der Waals surface area contributed by atoms with Gasteiger partial charge in [-0.3, -0.25) is 4.79 Å². The van der Waals surface area contributed by atoms with E-state index in [-0.39, 0.29) is 18.6 Å². The Labute approximate surface area is 107 Å². The van der Waals surface area contributed by atoms with E-state index in [0.717, 1.165) is 0 Å². The third-order valence-corrected chi connectivity index (χ3v) is 2.84. The molecule has 0 aliphatic carbocycles. The second-order valence-corrected chi connectivity index (χ2v) is 4.27. The number of carbonyl (C=O) groups is 1. The van der Waals surface area contributed by atoms with Crippen LogP contribution in [-0.2, 0) is 0 Å². The van der Waals surface area contributed by atoms with Crippen LogP contribution in [0, 0.1) is 29.2 Å². The summed E-state index contributed by atoms with van der Waals surface area (Å²) in [5.74, 6) is -8.45. The molecule has 0 saturated heterocycles. The Balaban J connectivity index is 3.07. The van der Waals surface area contributed by atoms with Gasteiger partial charge in [0.15, 0.2) is 23.3 Å². The van der Waals surface area contributed by atoms with E-state index >= 15 is 0 Å². The zero-order valence-electron chi connectivity index (χ0n) is 10.3. The van der Waals surface area contributed by atoms with Crippen LogP contribution in [0.25, 0.3) is 0 Å². The topological polar surface area (TPSA) is 49.3 Å². The minimum atomic E-state index is -1.75. The van der Waals surface area contributed by atoms with E-state index in [4.69, 9.17) is 5.11 Å². The predicted octanol–water partition coefficient (Wildman–Crippen LogP) is 1.99. The Morgan fingerprint density at radius 3 is 2.11 bits per heavy atom. The van der Waals surface area contributed by atoms with Gasteiger partial charge in [0.2, 0.25) is 0 Å². The van der Waals surface area contributed by atoms with Gasteiger partial charge in [0, 0.05) is 18.7 Å². The van der Waals surface area contributed by atoms with Crippen LogP contribution in [0.15, 0.2) is 6.07 Å². The van der Waals surface area contributed by atoms with E-state index in [1.807, 2.05) is 0 Å². The van der Waals surface area contributed by atoms with Gasteiger partial charge in [-0.15, -0.1) is 0 Å². The number of aliphatic hydroxyl groups is 1. The van der Waals surface area contributed by atoms with Crippen LogP contribution < -0.4 is 5.32 Å². The van der Waals surface area contributed by atoms with Gasteiger partial charge >= 0.3 is 0 Å². The summed E-state index contributed by atoms with van der Waals surface area (Å²) in [6.45, 7) is 2.82. The van der Waals surface area contributed by atoms with Crippen LogP contribution in [-0.4, -0.2) is 23.7 Å². The molecule has 3 nitrogen and oxygen atoms in total. The monoisotopic (exact) mass is 279 g/mol. The van der Waals surface area contributed by atoms with Crippen molar-refractivity contribution in [2.45, 2.75) is 19.9 Å². The van der Waals surface area contributed by atoms with E-state index in [9.17, 15) is 22.4 Å². The highest BCUT2D eigenvalue weighted by atomic mass is 19.2. The standard InChI is InChI=1S/C12H13F4NO2/c1-5(4-18)6(2)17-12(19)9-10(15)7(13)3-8(14)11(9)16/h3,5-6,18H,4H2,1-2H3,(H,17,19)/t5-,6+/m0/s1. The van der Waals surface area contributed by atoms with Gasteiger partial charge < -0.3 is 10.4 Å². The number of aliphatic hydroxyl groups excluding tert-OH is 1. The number of hydrogen-bond acceptors (Lipinski definition) is 2. The van der Waals surface area contributed by atoms with Crippen LogP contribution in [0.5, 0.6) is 0 Å². The number of amides is 1. The summed E-state index contributed by atoms with van der Waals surface area (Å²) >= 11 is 0. The average molecular weight is 279 g/mol. The lowest BCUT2D eigenvalue weighted by molar-refractivity contribution is 0.0905. The Hall–Kier alpha value is -1.63. The fourth-order valence-electron chi connectivity index (χ4n) is 1.35. The lowest BCUT2D eigenvalue weighted by atomic mass is 10.0. The zero-order valence-corrected chi connectivity index (χ0v) is 10.3.